The molecule has 1 saturated heterocycles. The molecule has 3 rings (SSSR count). The Morgan fingerprint density at radius 2 is 2.20 bits per heavy atom. The van der Waals surface area contributed by atoms with E-state index in [1.54, 1.807) is 13.0 Å². The van der Waals surface area contributed by atoms with Gasteiger partial charge in [0.05, 0.1) is 24.3 Å². The van der Waals surface area contributed by atoms with E-state index >= 15 is 0 Å². The number of aromatic nitrogens is 3. The van der Waals surface area contributed by atoms with Crippen molar-refractivity contribution in [3.05, 3.63) is 73.1 Å². The van der Waals surface area contributed by atoms with Crippen LogP contribution >= 0.6 is 22.6 Å². The molecule has 1 aliphatic heterocycles. The summed E-state index contributed by atoms with van der Waals surface area (Å²) in [5.41, 5.74) is 7.98. The second-order valence-electron chi connectivity index (χ2n) is 5.85. The van der Waals surface area contributed by atoms with Gasteiger partial charge in [0, 0.05) is 35.5 Å². The fraction of sp³-hybridized carbons (Fsp3) is 0.412. The summed E-state index contributed by atoms with van der Waals surface area (Å²) in [4.78, 5) is 43.6. The predicted octanol–water partition coefficient (Wildman–Crippen LogP) is 1.63. The van der Waals surface area contributed by atoms with E-state index in [4.69, 9.17) is 20.5 Å². The Balaban J connectivity index is 0.000000342. The summed E-state index contributed by atoms with van der Waals surface area (Å²) >= 11 is 2.15. The molecule has 0 unspecified atom stereocenters. The van der Waals surface area contributed by atoms with Crippen LogP contribution in [0.2, 0.25) is 0 Å². The summed E-state index contributed by atoms with van der Waals surface area (Å²) in [6, 6.07) is 2.54. The quantitative estimate of drug-likeness (QED) is 0.176. The highest BCUT2D eigenvalue weighted by molar-refractivity contribution is 14.1. The molecule has 3 N–H and O–H groups in total. The number of hydrogen-bond donors (Lipinski definition) is 3. The predicted molar refractivity (Wildman–Crippen MR) is 116 cm³/mol. The second-order valence-corrected chi connectivity index (χ2v) is 5.85. The van der Waals surface area contributed by atoms with Crippen LogP contribution in [0, 0.1) is 6.92 Å². The standard InChI is InChI=1S/C10H13N5O4.C6H5NO2.CH3I/c1-5-3-15(10(18)12-9(5)17)8-2-6(13-14-11)7(4-16)19-8;8-6(9)5-2-1-3-7-4-5;1-2/h3,6-8,16H,2,4H2,1H3,(H,12,17,18);1-4H,(H,8,9);1H3/t6-,7+,8+;;/m0../s1. The molecule has 0 saturated carbocycles. The number of azide groups is 1. The monoisotopic (exact) mass is 532 g/mol. The normalized spacial score (nSPS) is 19.4. The third-order valence-electron chi connectivity index (χ3n) is 3.95. The molecular weight excluding hydrogens is 511 g/mol. The van der Waals surface area contributed by atoms with Crippen molar-refractivity contribution in [2.24, 2.45) is 5.11 Å². The number of H-pyrrole nitrogens is 1. The third kappa shape index (κ3) is 6.95. The summed E-state index contributed by atoms with van der Waals surface area (Å²) in [6.07, 6.45) is 3.17. The number of aryl methyl sites for hydroxylation is 1. The number of aliphatic hydroxyl groups excluding tert-OH is 1. The van der Waals surface area contributed by atoms with Crippen molar-refractivity contribution < 1.29 is 19.7 Å². The number of alkyl halides is 1. The fourth-order valence-corrected chi connectivity index (χ4v) is 2.53. The summed E-state index contributed by atoms with van der Waals surface area (Å²) in [5.74, 6) is -0.942. The van der Waals surface area contributed by atoms with Gasteiger partial charge in [-0.2, -0.15) is 0 Å². The second kappa shape index (κ2) is 12.7. The van der Waals surface area contributed by atoms with Crippen LogP contribution in [0.4, 0.5) is 0 Å². The van der Waals surface area contributed by atoms with Crippen molar-refractivity contribution in [2.45, 2.75) is 31.7 Å². The Bertz CT molecular complexity index is 988. The maximum absolute atomic E-state index is 11.7. The Hall–Kier alpha value is -2.74. The molecule has 0 radical (unpaired) electrons. The number of rotatable bonds is 4. The lowest BCUT2D eigenvalue weighted by molar-refractivity contribution is -0.0271. The Morgan fingerprint density at radius 3 is 2.70 bits per heavy atom. The van der Waals surface area contributed by atoms with Crippen LogP contribution in [0.1, 0.15) is 28.6 Å². The molecule has 2 aromatic heterocycles. The number of halogens is 1. The summed E-state index contributed by atoms with van der Waals surface area (Å²) < 4.78 is 6.69. The van der Waals surface area contributed by atoms with Crippen LogP contribution in [-0.2, 0) is 4.74 Å². The molecule has 1 fully saturated rings. The molecule has 1 aliphatic rings. The maximum Gasteiger partial charge on any atom is 0.337 e. The summed E-state index contributed by atoms with van der Waals surface area (Å²) in [7, 11) is 0. The van der Waals surface area contributed by atoms with Crippen LogP contribution < -0.4 is 11.2 Å². The highest BCUT2D eigenvalue weighted by atomic mass is 127. The van der Waals surface area contributed by atoms with Crippen molar-refractivity contribution in [2.75, 3.05) is 11.5 Å². The molecule has 3 atom stereocenters. The molecule has 12 nitrogen and oxygen atoms in total. The number of hydrogen-bond acceptors (Lipinski definition) is 7. The number of pyridine rings is 1. The minimum absolute atomic E-state index is 0.220. The molecule has 0 aromatic carbocycles. The lowest BCUT2D eigenvalue weighted by atomic mass is 10.1. The number of carbonyl (C=O) groups is 1. The Kier molecular flexibility index (Phi) is 10.7. The number of nitrogens with zero attached hydrogens (tertiary/aromatic N) is 5. The topological polar surface area (TPSA) is 183 Å². The van der Waals surface area contributed by atoms with Crippen molar-refractivity contribution in [3.63, 3.8) is 0 Å². The van der Waals surface area contributed by atoms with E-state index in [9.17, 15) is 14.4 Å². The van der Waals surface area contributed by atoms with E-state index in [0.717, 1.165) is 0 Å². The molecule has 0 amide bonds. The van der Waals surface area contributed by atoms with Crippen LogP contribution in [0.3, 0.4) is 0 Å². The van der Waals surface area contributed by atoms with Gasteiger partial charge in [-0.05, 0) is 29.5 Å². The van der Waals surface area contributed by atoms with Gasteiger partial charge >= 0.3 is 11.7 Å². The molecule has 3 heterocycles. The first-order chi connectivity index (χ1) is 14.4. The van der Waals surface area contributed by atoms with E-state index < -0.39 is 35.6 Å². The van der Waals surface area contributed by atoms with Crippen molar-refractivity contribution in [3.8, 4) is 0 Å². The first-order valence-corrected chi connectivity index (χ1v) is 10.7. The lowest BCUT2D eigenvalue weighted by Gasteiger charge is -2.14. The van der Waals surface area contributed by atoms with Gasteiger partial charge in [-0.1, -0.05) is 27.7 Å². The van der Waals surface area contributed by atoms with Crippen molar-refractivity contribution in [1.29, 1.82) is 0 Å². The zero-order chi connectivity index (χ0) is 22.7. The van der Waals surface area contributed by atoms with Crippen LogP contribution in [0.5, 0.6) is 0 Å². The lowest BCUT2D eigenvalue weighted by Crippen LogP contribution is -2.33. The Labute approximate surface area is 184 Å². The van der Waals surface area contributed by atoms with E-state index in [2.05, 4.69) is 42.6 Å². The molecule has 0 aliphatic carbocycles. The number of carboxylic acids is 1. The Morgan fingerprint density at radius 1 is 1.50 bits per heavy atom. The van der Waals surface area contributed by atoms with E-state index in [-0.39, 0.29) is 18.6 Å². The number of ether oxygens (including phenoxy) is 1. The SMILES string of the molecule is CI.Cc1cn([C@H]2C[C@H](N=[N+]=[N-])[C@@H](CO)O2)c(=O)[nH]c1=O.O=C(O)c1cccnc1. The van der Waals surface area contributed by atoms with Gasteiger partial charge in [-0.15, -0.1) is 0 Å². The van der Waals surface area contributed by atoms with Crippen LogP contribution in [0.25, 0.3) is 10.4 Å². The van der Waals surface area contributed by atoms with Crippen molar-refractivity contribution >= 4 is 28.6 Å². The average Bonchev–Trinajstić information content (AvgIpc) is 3.16. The zero-order valence-electron chi connectivity index (χ0n) is 16.2. The molecule has 0 bridgehead atoms. The van der Waals surface area contributed by atoms with Gasteiger partial charge in [-0.3, -0.25) is 19.3 Å². The fourth-order valence-electron chi connectivity index (χ4n) is 2.53. The minimum atomic E-state index is -0.942. The molecule has 162 valence electrons. The highest BCUT2D eigenvalue weighted by Gasteiger charge is 2.35. The first-order valence-electron chi connectivity index (χ1n) is 8.51. The van der Waals surface area contributed by atoms with Gasteiger partial charge in [0.1, 0.15) is 6.23 Å². The van der Waals surface area contributed by atoms with Crippen LogP contribution in [0.15, 0.2) is 45.4 Å². The molecule has 30 heavy (non-hydrogen) atoms. The number of carboxylic acid groups (broad SMARTS) is 1. The number of aliphatic hydroxyl groups is 1. The average molecular weight is 532 g/mol. The molecular formula is C17H21IN6O6. The maximum atomic E-state index is 11.7. The van der Waals surface area contributed by atoms with E-state index in [1.165, 1.54) is 29.2 Å². The molecule has 0 spiro atoms. The summed E-state index contributed by atoms with van der Waals surface area (Å²) in [6.45, 7) is 1.26. The zero-order valence-corrected chi connectivity index (χ0v) is 18.3. The van der Waals surface area contributed by atoms with Gasteiger partial charge in [-0.25, -0.2) is 9.59 Å². The number of aromatic amines is 1. The number of aromatic carboxylic acids is 1. The minimum Gasteiger partial charge on any atom is -0.478 e. The van der Waals surface area contributed by atoms with Crippen molar-refractivity contribution in [1.82, 2.24) is 14.5 Å². The molecule has 13 heteroatoms. The first kappa shape index (κ1) is 25.3. The summed E-state index contributed by atoms with van der Waals surface area (Å²) in [5, 5.41) is 21.0. The third-order valence-corrected chi connectivity index (χ3v) is 3.95. The van der Waals surface area contributed by atoms with Gasteiger partial charge in [0.25, 0.3) is 5.56 Å². The van der Waals surface area contributed by atoms with Gasteiger partial charge in [0.15, 0.2) is 0 Å². The van der Waals surface area contributed by atoms with E-state index in [1.807, 2.05) is 4.93 Å². The number of nitrogens with one attached hydrogen (secondary N) is 1. The van der Waals surface area contributed by atoms with E-state index in [0.29, 0.717) is 5.56 Å². The highest BCUT2D eigenvalue weighted by Crippen LogP contribution is 2.29. The van der Waals surface area contributed by atoms with Gasteiger partial charge < -0.3 is 14.9 Å². The van der Waals surface area contributed by atoms with Gasteiger partial charge in [0.2, 0.25) is 0 Å². The molecule has 2 aromatic rings. The smallest absolute Gasteiger partial charge is 0.337 e. The largest absolute Gasteiger partial charge is 0.478 e. The van der Waals surface area contributed by atoms with Crippen LogP contribution in [-0.4, -0.2) is 54.4 Å².